The Morgan fingerprint density at radius 2 is 0.957 bits per heavy atom. The average Bonchev–Trinajstić information content (AvgIpc) is 3.71. The molecule has 47 heavy (non-hydrogen) atoms. The molecule has 1 nitrogen and oxygen atoms in total. The molecule has 3 heteroatoms. The van der Waals surface area contributed by atoms with Crippen molar-refractivity contribution in [2.45, 2.75) is 0 Å². The standard InChI is InChI=1S/C44H27NS2/c1-2-15-29(16-3-1)45(38-24-10-14-28-13-4-5-17-30(28)38)39-27-37-42-33(21-12-26-41(42)47-44(37)34-20-7-6-18-31(34)39)36-23-11-22-35-32-19-8-9-25-40(32)46-43(35)36/h1-27H. The van der Waals surface area contributed by atoms with Gasteiger partial charge in [0.15, 0.2) is 0 Å². The molecule has 0 saturated heterocycles. The predicted octanol–water partition coefficient (Wildman–Crippen LogP) is 13.9. The van der Waals surface area contributed by atoms with Crippen molar-refractivity contribution in [2.75, 3.05) is 4.90 Å². The Labute approximate surface area is 280 Å². The number of thiophene rings is 2. The van der Waals surface area contributed by atoms with Crippen molar-refractivity contribution in [1.29, 1.82) is 0 Å². The van der Waals surface area contributed by atoms with E-state index in [4.69, 9.17) is 0 Å². The number of nitrogens with zero attached hydrogens (tertiary/aromatic N) is 1. The van der Waals surface area contributed by atoms with Gasteiger partial charge in [-0.25, -0.2) is 0 Å². The van der Waals surface area contributed by atoms with Crippen LogP contribution in [-0.2, 0) is 0 Å². The quantitative estimate of drug-likeness (QED) is 0.186. The van der Waals surface area contributed by atoms with E-state index < -0.39 is 0 Å². The smallest absolute Gasteiger partial charge is 0.0547 e. The zero-order chi connectivity index (χ0) is 30.9. The first-order valence-corrected chi connectivity index (χ1v) is 17.6. The summed E-state index contributed by atoms with van der Waals surface area (Å²) in [5, 5.41) is 10.3. The van der Waals surface area contributed by atoms with Gasteiger partial charge in [0.25, 0.3) is 0 Å². The van der Waals surface area contributed by atoms with Crippen molar-refractivity contribution < 1.29 is 0 Å². The van der Waals surface area contributed by atoms with Crippen LogP contribution in [-0.4, -0.2) is 0 Å². The van der Waals surface area contributed by atoms with Crippen molar-refractivity contribution in [3.05, 3.63) is 164 Å². The van der Waals surface area contributed by atoms with Crippen LogP contribution >= 0.6 is 22.7 Å². The molecular formula is C44H27NS2. The van der Waals surface area contributed by atoms with Crippen LogP contribution in [0.15, 0.2) is 164 Å². The molecule has 0 radical (unpaired) electrons. The Morgan fingerprint density at radius 1 is 0.362 bits per heavy atom. The van der Waals surface area contributed by atoms with Gasteiger partial charge in [-0.3, -0.25) is 0 Å². The lowest BCUT2D eigenvalue weighted by atomic mass is 9.96. The van der Waals surface area contributed by atoms with Crippen molar-refractivity contribution in [1.82, 2.24) is 0 Å². The number of fused-ring (bicyclic) bond motifs is 9. The Kier molecular flexibility index (Phi) is 5.98. The fraction of sp³-hybridized carbons (Fsp3) is 0. The Balaban J connectivity index is 1.33. The molecule has 2 heterocycles. The first-order chi connectivity index (χ1) is 23.3. The second kappa shape index (κ2) is 10.5. The third kappa shape index (κ3) is 4.07. The third-order valence-corrected chi connectivity index (χ3v) is 11.9. The zero-order valence-corrected chi connectivity index (χ0v) is 27.0. The van der Waals surface area contributed by atoms with Crippen molar-refractivity contribution >= 4 is 102 Å². The Hall–Kier alpha value is -5.48. The van der Waals surface area contributed by atoms with Crippen LogP contribution in [0.2, 0.25) is 0 Å². The first kappa shape index (κ1) is 26.7. The van der Waals surface area contributed by atoms with Crippen molar-refractivity contribution in [3.63, 3.8) is 0 Å². The highest BCUT2D eigenvalue weighted by atomic mass is 32.1. The highest BCUT2D eigenvalue weighted by Crippen LogP contribution is 2.50. The number of anilines is 3. The maximum Gasteiger partial charge on any atom is 0.0547 e. The minimum absolute atomic E-state index is 1.14. The summed E-state index contributed by atoms with van der Waals surface area (Å²) in [4.78, 5) is 2.46. The second-order valence-electron chi connectivity index (χ2n) is 12.0. The summed E-state index contributed by atoms with van der Waals surface area (Å²) in [7, 11) is 0. The van der Waals surface area contributed by atoms with Crippen LogP contribution in [0.5, 0.6) is 0 Å². The maximum atomic E-state index is 2.46. The van der Waals surface area contributed by atoms with E-state index in [1.807, 2.05) is 22.7 Å². The van der Waals surface area contributed by atoms with Gasteiger partial charge >= 0.3 is 0 Å². The summed E-state index contributed by atoms with van der Waals surface area (Å²) in [5.74, 6) is 0. The van der Waals surface area contributed by atoms with Crippen LogP contribution in [0.25, 0.3) is 73.0 Å². The van der Waals surface area contributed by atoms with Crippen molar-refractivity contribution in [3.8, 4) is 11.1 Å². The number of rotatable bonds is 4. The zero-order valence-electron chi connectivity index (χ0n) is 25.4. The molecule has 8 aromatic carbocycles. The van der Waals surface area contributed by atoms with E-state index in [9.17, 15) is 0 Å². The lowest BCUT2D eigenvalue weighted by molar-refractivity contribution is 1.32. The molecule has 220 valence electrons. The summed E-state index contributed by atoms with van der Waals surface area (Å²) < 4.78 is 5.33. The summed E-state index contributed by atoms with van der Waals surface area (Å²) in [6, 6.07) is 60.0. The van der Waals surface area contributed by atoms with E-state index in [0.29, 0.717) is 0 Å². The Morgan fingerprint density at radius 3 is 1.85 bits per heavy atom. The second-order valence-corrected chi connectivity index (χ2v) is 14.2. The topological polar surface area (TPSA) is 3.24 Å². The minimum atomic E-state index is 1.14. The van der Waals surface area contributed by atoms with E-state index in [1.165, 1.54) is 84.4 Å². The van der Waals surface area contributed by atoms with Gasteiger partial charge in [0.1, 0.15) is 0 Å². The predicted molar refractivity (Wildman–Crippen MR) is 207 cm³/mol. The Bertz CT molecular complexity index is 2800. The van der Waals surface area contributed by atoms with E-state index in [1.54, 1.807) is 0 Å². The lowest BCUT2D eigenvalue weighted by Gasteiger charge is -2.28. The van der Waals surface area contributed by atoms with Crippen LogP contribution < -0.4 is 4.90 Å². The highest BCUT2D eigenvalue weighted by molar-refractivity contribution is 7.27. The molecule has 0 unspecified atom stereocenters. The van der Waals surface area contributed by atoms with Crippen LogP contribution in [0, 0.1) is 0 Å². The molecule has 0 amide bonds. The van der Waals surface area contributed by atoms with Gasteiger partial charge in [-0.15, -0.1) is 22.7 Å². The largest absolute Gasteiger partial charge is 0.309 e. The summed E-state index contributed by atoms with van der Waals surface area (Å²) in [6.45, 7) is 0. The number of hydrogen-bond acceptors (Lipinski definition) is 3. The molecule has 2 aromatic heterocycles. The van der Waals surface area contributed by atoms with Crippen LogP contribution in [0.4, 0.5) is 17.1 Å². The monoisotopic (exact) mass is 633 g/mol. The van der Waals surface area contributed by atoms with E-state index in [2.05, 4.69) is 169 Å². The number of para-hydroxylation sites is 1. The molecule has 0 aliphatic rings. The third-order valence-electron chi connectivity index (χ3n) is 9.44. The summed E-state index contributed by atoms with van der Waals surface area (Å²) in [6.07, 6.45) is 0. The molecule has 0 aliphatic carbocycles. The number of benzene rings is 8. The normalized spacial score (nSPS) is 11.8. The molecule has 10 aromatic rings. The lowest BCUT2D eigenvalue weighted by Crippen LogP contribution is -2.11. The van der Waals surface area contributed by atoms with Gasteiger partial charge in [0.2, 0.25) is 0 Å². The summed E-state index contributed by atoms with van der Waals surface area (Å²) >= 11 is 3.81. The van der Waals surface area contributed by atoms with Gasteiger partial charge in [0, 0.05) is 67.8 Å². The molecular weight excluding hydrogens is 607 g/mol. The molecule has 10 rings (SSSR count). The molecule has 0 fully saturated rings. The van der Waals surface area contributed by atoms with Gasteiger partial charge in [-0.1, -0.05) is 127 Å². The molecule has 0 spiro atoms. The van der Waals surface area contributed by atoms with Gasteiger partial charge < -0.3 is 4.90 Å². The minimum Gasteiger partial charge on any atom is -0.309 e. The molecule has 0 aliphatic heterocycles. The van der Waals surface area contributed by atoms with Gasteiger partial charge in [0.05, 0.1) is 11.4 Å². The average molecular weight is 634 g/mol. The van der Waals surface area contributed by atoms with E-state index >= 15 is 0 Å². The SMILES string of the molecule is c1ccc(N(c2cccc3ccccc23)c2cc3c(sc4cccc(-c5cccc6c5sc5ccccc56)c43)c3ccccc23)cc1. The number of hydrogen-bond donors (Lipinski definition) is 0. The van der Waals surface area contributed by atoms with E-state index in [-0.39, 0.29) is 0 Å². The molecule has 0 saturated carbocycles. The molecule has 0 bridgehead atoms. The molecule has 0 atom stereocenters. The fourth-order valence-corrected chi connectivity index (χ4v) is 9.86. The van der Waals surface area contributed by atoms with Crippen LogP contribution in [0.3, 0.4) is 0 Å². The summed E-state index contributed by atoms with van der Waals surface area (Å²) in [5.41, 5.74) is 6.10. The molecule has 0 N–H and O–H groups in total. The van der Waals surface area contributed by atoms with Crippen LogP contribution in [0.1, 0.15) is 0 Å². The van der Waals surface area contributed by atoms with E-state index in [0.717, 1.165) is 5.69 Å². The van der Waals surface area contributed by atoms with Gasteiger partial charge in [-0.05, 0) is 47.3 Å². The van der Waals surface area contributed by atoms with Crippen molar-refractivity contribution in [2.24, 2.45) is 0 Å². The maximum absolute atomic E-state index is 2.46. The van der Waals surface area contributed by atoms with Gasteiger partial charge in [-0.2, -0.15) is 0 Å². The fourth-order valence-electron chi connectivity index (χ4n) is 7.39. The first-order valence-electron chi connectivity index (χ1n) is 15.9. The highest BCUT2D eigenvalue weighted by Gasteiger charge is 2.22.